The molecule has 128 valence electrons. The van der Waals surface area contributed by atoms with Crippen molar-refractivity contribution in [2.75, 3.05) is 0 Å². The van der Waals surface area contributed by atoms with Crippen LogP contribution in [-0.2, 0) is 14.3 Å². The highest BCUT2D eigenvalue weighted by molar-refractivity contribution is 5.75. The molecule has 0 heterocycles. The predicted octanol–water partition coefficient (Wildman–Crippen LogP) is 0.140. The first-order valence-electron chi connectivity index (χ1n) is 6.97. The highest BCUT2D eigenvalue weighted by atomic mass is 19.3. The molecule has 2 N–H and O–H groups in total. The minimum Gasteiger partial charge on any atom is -0.544 e. The van der Waals surface area contributed by atoms with Crippen LogP contribution < -0.4 is 5.11 Å². The first-order chi connectivity index (χ1) is 9.71. The maximum Gasteiger partial charge on any atom is 0.315 e. The quantitative estimate of drug-likeness (QED) is 0.713. The van der Waals surface area contributed by atoms with Gasteiger partial charge in [-0.15, -0.1) is 0 Å². The molecule has 6 nitrogen and oxygen atoms in total. The molecule has 0 amide bonds. The number of alkyl halides is 2. The molecule has 0 saturated heterocycles. The molecule has 1 saturated carbocycles. The largest absolute Gasteiger partial charge is 0.544 e. The second-order valence-electron chi connectivity index (χ2n) is 6.88. The van der Waals surface area contributed by atoms with Gasteiger partial charge in [-0.25, -0.2) is 0 Å². The Bertz CT molecular complexity index is 447. The van der Waals surface area contributed by atoms with Gasteiger partial charge in [0.2, 0.25) is 0 Å². The normalized spacial score (nSPS) is 30.0. The third-order valence-corrected chi connectivity index (χ3v) is 3.74. The lowest BCUT2D eigenvalue weighted by molar-refractivity contribution is -0.347. The average Bonchev–Trinajstić information content (AvgIpc) is 2.30. The molecule has 8 heteroatoms. The van der Waals surface area contributed by atoms with Gasteiger partial charge in [0.25, 0.3) is 0 Å². The van der Waals surface area contributed by atoms with Gasteiger partial charge < -0.3 is 24.9 Å². The Morgan fingerprint density at radius 1 is 1.14 bits per heavy atom. The van der Waals surface area contributed by atoms with Gasteiger partial charge in [-0.2, -0.15) is 8.78 Å². The number of hydrogen-bond acceptors (Lipinski definition) is 6. The van der Waals surface area contributed by atoms with Crippen molar-refractivity contribution in [3.05, 3.63) is 0 Å². The predicted molar refractivity (Wildman–Crippen MR) is 68.8 cm³/mol. The molecule has 0 atom stereocenters. The summed E-state index contributed by atoms with van der Waals surface area (Å²) in [7, 11) is 0. The number of carbonyl (C=O) groups is 2. The standard InChI is InChI=1S/C14H22F2O6/c1-11(2,3)22-9(17)8-12(20)4-6-13(21,7-5-12)14(15,16)10(18)19/h20-21H,4-8H2,1-3H3,(H,18,19)/p-1. The van der Waals surface area contributed by atoms with Crippen LogP contribution in [0.25, 0.3) is 0 Å². The number of aliphatic hydroxyl groups is 2. The van der Waals surface area contributed by atoms with Gasteiger partial charge in [0.1, 0.15) is 17.2 Å². The summed E-state index contributed by atoms with van der Waals surface area (Å²) in [6.07, 6.45) is -2.41. The Labute approximate surface area is 127 Å². The van der Waals surface area contributed by atoms with Crippen molar-refractivity contribution in [1.29, 1.82) is 0 Å². The second-order valence-corrected chi connectivity index (χ2v) is 6.88. The van der Waals surface area contributed by atoms with E-state index in [-0.39, 0.29) is 12.8 Å². The number of rotatable bonds is 4. The summed E-state index contributed by atoms with van der Waals surface area (Å²) < 4.78 is 32.0. The van der Waals surface area contributed by atoms with E-state index in [9.17, 15) is 33.7 Å². The number of esters is 1. The first-order valence-corrected chi connectivity index (χ1v) is 6.97. The first kappa shape index (κ1) is 18.8. The van der Waals surface area contributed by atoms with Gasteiger partial charge in [0, 0.05) is 0 Å². The number of carbonyl (C=O) groups excluding carboxylic acids is 2. The maximum absolute atomic E-state index is 13.5. The third-order valence-electron chi connectivity index (χ3n) is 3.74. The summed E-state index contributed by atoms with van der Waals surface area (Å²) in [6, 6.07) is 0. The molecule has 1 rings (SSSR count). The van der Waals surface area contributed by atoms with E-state index >= 15 is 0 Å². The molecule has 1 fully saturated rings. The minimum absolute atomic E-state index is 0.342. The van der Waals surface area contributed by atoms with Crippen LogP contribution >= 0.6 is 0 Å². The molecule has 0 aromatic rings. The summed E-state index contributed by atoms with van der Waals surface area (Å²) in [5.74, 6) is -7.76. The van der Waals surface area contributed by atoms with Crippen molar-refractivity contribution < 1.29 is 38.4 Å². The van der Waals surface area contributed by atoms with E-state index < -0.39 is 53.9 Å². The molecule has 0 aromatic heterocycles. The van der Waals surface area contributed by atoms with Gasteiger partial charge in [-0.1, -0.05) is 0 Å². The van der Waals surface area contributed by atoms with Crippen molar-refractivity contribution >= 4 is 11.9 Å². The summed E-state index contributed by atoms with van der Waals surface area (Å²) in [5, 5.41) is 30.5. The Balaban J connectivity index is 2.71. The molecular formula is C14H21F2O6-. The summed E-state index contributed by atoms with van der Waals surface area (Å²) in [6.45, 7) is 4.94. The van der Waals surface area contributed by atoms with Gasteiger partial charge in [0.15, 0.2) is 0 Å². The Kier molecular flexibility index (Phi) is 4.89. The number of carboxylic acid groups (broad SMARTS) is 1. The van der Waals surface area contributed by atoms with E-state index in [1.54, 1.807) is 20.8 Å². The molecule has 0 unspecified atom stereocenters. The summed E-state index contributed by atoms with van der Waals surface area (Å²) >= 11 is 0. The Morgan fingerprint density at radius 3 is 1.95 bits per heavy atom. The molecule has 0 bridgehead atoms. The fraction of sp³-hybridized carbons (Fsp3) is 0.857. The Morgan fingerprint density at radius 2 is 1.59 bits per heavy atom. The van der Waals surface area contributed by atoms with Crippen molar-refractivity contribution in [3.63, 3.8) is 0 Å². The number of aliphatic carboxylic acids is 1. The molecule has 0 aliphatic heterocycles. The zero-order valence-electron chi connectivity index (χ0n) is 12.8. The SMILES string of the molecule is CC(C)(C)OC(=O)CC1(O)CCC(O)(C(F)(F)C(=O)[O-])CC1. The maximum atomic E-state index is 13.5. The van der Waals surface area contributed by atoms with Gasteiger partial charge in [0.05, 0.1) is 12.0 Å². The topological polar surface area (TPSA) is 107 Å². The fourth-order valence-electron chi connectivity index (χ4n) is 2.46. The number of carboxylic acids is 1. The molecular weight excluding hydrogens is 302 g/mol. The van der Waals surface area contributed by atoms with E-state index in [2.05, 4.69) is 0 Å². The lowest BCUT2D eigenvalue weighted by atomic mass is 9.72. The lowest BCUT2D eigenvalue weighted by Gasteiger charge is -2.44. The van der Waals surface area contributed by atoms with Crippen LogP contribution in [-0.4, -0.2) is 44.9 Å². The van der Waals surface area contributed by atoms with Crippen LogP contribution in [0.3, 0.4) is 0 Å². The molecule has 1 aliphatic rings. The van der Waals surface area contributed by atoms with E-state index in [1.165, 1.54) is 0 Å². The van der Waals surface area contributed by atoms with Gasteiger partial charge in [-0.3, -0.25) is 4.79 Å². The van der Waals surface area contributed by atoms with Crippen molar-refractivity contribution in [1.82, 2.24) is 0 Å². The van der Waals surface area contributed by atoms with Crippen molar-refractivity contribution in [3.8, 4) is 0 Å². The van der Waals surface area contributed by atoms with Crippen LogP contribution in [0.2, 0.25) is 0 Å². The van der Waals surface area contributed by atoms with E-state index in [1.807, 2.05) is 0 Å². The van der Waals surface area contributed by atoms with Crippen LogP contribution in [0, 0.1) is 0 Å². The third kappa shape index (κ3) is 4.13. The zero-order chi connectivity index (χ0) is 17.4. The van der Waals surface area contributed by atoms with Crippen molar-refractivity contribution in [2.45, 2.75) is 75.6 Å². The molecule has 1 aliphatic carbocycles. The highest BCUT2D eigenvalue weighted by Gasteiger charge is 2.57. The smallest absolute Gasteiger partial charge is 0.315 e. The van der Waals surface area contributed by atoms with Gasteiger partial charge >= 0.3 is 11.9 Å². The zero-order valence-corrected chi connectivity index (χ0v) is 12.8. The van der Waals surface area contributed by atoms with Crippen LogP contribution in [0.1, 0.15) is 52.9 Å². The average molecular weight is 323 g/mol. The number of ether oxygens (including phenoxy) is 1. The van der Waals surface area contributed by atoms with Crippen LogP contribution in [0.5, 0.6) is 0 Å². The second kappa shape index (κ2) is 5.73. The molecule has 0 radical (unpaired) electrons. The van der Waals surface area contributed by atoms with Crippen LogP contribution in [0.15, 0.2) is 0 Å². The summed E-state index contributed by atoms with van der Waals surface area (Å²) in [5.41, 5.74) is -5.13. The minimum atomic E-state index is -4.42. The fourth-order valence-corrected chi connectivity index (χ4v) is 2.46. The van der Waals surface area contributed by atoms with Gasteiger partial charge in [-0.05, 0) is 46.5 Å². The Hall–Kier alpha value is -1.28. The van der Waals surface area contributed by atoms with Crippen LogP contribution in [0.4, 0.5) is 8.78 Å². The number of halogens is 2. The van der Waals surface area contributed by atoms with E-state index in [0.29, 0.717) is 0 Å². The van der Waals surface area contributed by atoms with E-state index in [4.69, 9.17) is 4.74 Å². The number of hydrogen-bond donors (Lipinski definition) is 2. The van der Waals surface area contributed by atoms with Crippen molar-refractivity contribution in [2.24, 2.45) is 0 Å². The molecule has 0 aromatic carbocycles. The van der Waals surface area contributed by atoms with E-state index in [0.717, 1.165) is 0 Å². The molecule has 0 spiro atoms. The summed E-state index contributed by atoms with van der Waals surface area (Å²) in [4.78, 5) is 22.2. The molecule has 22 heavy (non-hydrogen) atoms. The lowest BCUT2D eigenvalue weighted by Crippen LogP contribution is -2.61. The highest BCUT2D eigenvalue weighted by Crippen LogP contribution is 2.44. The monoisotopic (exact) mass is 323 g/mol.